The van der Waals surface area contributed by atoms with E-state index in [0.29, 0.717) is 36.7 Å². The van der Waals surface area contributed by atoms with Crippen molar-refractivity contribution < 1.29 is 27.8 Å². The molecule has 3 aliphatic heterocycles. The summed E-state index contributed by atoms with van der Waals surface area (Å²) in [7, 11) is 0. The fourth-order valence-corrected chi connectivity index (χ4v) is 6.42. The van der Waals surface area contributed by atoms with Crippen LogP contribution in [0.25, 0.3) is 10.9 Å². The number of alkyl halides is 1. The van der Waals surface area contributed by atoms with Gasteiger partial charge < -0.3 is 19.1 Å². The van der Waals surface area contributed by atoms with Crippen molar-refractivity contribution in [3.05, 3.63) is 34.9 Å². The average molecular weight is 618 g/mol. The van der Waals surface area contributed by atoms with Gasteiger partial charge in [-0.25, -0.2) is 18.6 Å². The van der Waals surface area contributed by atoms with E-state index >= 15 is 4.39 Å². The zero-order chi connectivity index (χ0) is 30.5. The molecule has 0 spiro atoms. The van der Waals surface area contributed by atoms with Crippen LogP contribution in [0.3, 0.4) is 0 Å². The van der Waals surface area contributed by atoms with Gasteiger partial charge in [0.2, 0.25) is 5.88 Å². The van der Waals surface area contributed by atoms with E-state index in [-0.39, 0.29) is 41.2 Å². The Morgan fingerprint density at radius 3 is 2.91 bits per heavy atom. The summed E-state index contributed by atoms with van der Waals surface area (Å²) in [6, 6.07) is 3.08. The molecule has 0 radical (unpaired) electrons. The number of halogens is 3. The topological polar surface area (TPSA) is 115 Å². The first kappa shape index (κ1) is 29.5. The van der Waals surface area contributed by atoms with E-state index in [4.69, 9.17) is 30.8 Å². The maximum atomic E-state index is 15.5. The quantitative estimate of drug-likeness (QED) is 0.357. The number of rotatable bonds is 6. The normalized spacial score (nSPS) is 22.6. The van der Waals surface area contributed by atoms with Crippen LogP contribution in [0.4, 0.5) is 25.2 Å². The Morgan fingerprint density at radius 2 is 2.12 bits per heavy atom. The SMILES string of the molecule is CC(c1cccnc1NC(=O)OC(C)(C)C)N1CCOc2nc(Cl)c(F)c3nc(OC[C@@]45CCCN4C[C@H](F)C5)nc1c23. The van der Waals surface area contributed by atoms with Gasteiger partial charge in [-0.15, -0.1) is 0 Å². The molecule has 0 aliphatic carbocycles. The molecule has 3 aliphatic rings. The second-order valence-electron chi connectivity index (χ2n) is 12.2. The summed E-state index contributed by atoms with van der Waals surface area (Å²) in [4.78, 5) is 34.3. The molecule has 6 rings (SSSR count). The van der Waals surface area contributed by atoms with E-state index < -0.39 is 35.3 Å². The van der Waals surface area contributed by atoms with E-state index in [2.05, 4.69) is 25.2 Å². The van der Waals surface area contributed by atoms with Crippen molar-refractivity contribution in [1.82, 2.24) is 24.8 Å². The van der Waals surface area contributed by atoms with E-state index in [1.807, 2.05) is 17.9 Å². The molecule has 0 bridgehead atoms. The average Bonchev–Trinajstić information content (AvgIpc) is 3.40. The fourth-order valence-electron chi connectivity index (χ4n) is 6.25. The second-order valence-corrected chi connectivity index (χ2v) is 12.6. The van der Waals surface area contributed by atoms with Crippen LogP contribution in [0, 0.1) is 5.82 Å². The van der Waals surface area contributed by atoms with Gasteiger partial charge >= 0.3 is 12.1 Å². The molecule has 0 aromatic carbocycles. The van der Waals surface area contributed by atoms with Crippen LogP contribution >= 0.6 is 11.6 Å². The first-order valence-corrected chi connectivity index (χ1v) is 14.7. The summed E-state index contributed by atoms with van der Waals surface area (Å²) in [6.07, 6.45) is 2.12. The summed E-state index contributed by atoms with van der Waals surface area (Å²) >= 11 is 6.14. The van der Waals surface area contributed by atoms with Crippen LogP contribution in [0.5, 0.6) is 11.9 Å². The third-order valence-corrected chi connectivity index (χ3v) is 8.37. The molecule has 1 unspecified atom stereocenters. The summed E-state index contributed by atoms with van der Waals surface area (Å²) in [5.74, 6) is -0.0939. The maximum absolute atomic E-state index is 15.5. The highest BCUT2D eigenvalue weighted by molar-refractivity contribution is 6.30. The Bertz CT molecular complexity index is 1560. The van der Waals surface area contributed by atoms with Crippen LogP contribution in [0.1, 0.15) is 58.6 Å². The predicted molar refractivity (Wildman–Crippen MR) is 156 cm³/mol. The van der Waals surface area contributed by atoms with Crippen molar-refractivity contribution in [2.45, 2.75) is 70.3 Å². The van der Waals surface area contributed by atoms with Gasteiger partial charge in [0.1, 0.15) is 47.5 Å². The molecule has 3 atom stereocenters. The third kappa shape index (κ3) is 5.72. The van der Waals surface area contributed by atoms with Crippen molar-refractivity contribution >= 4 is 40.2 Å². The Kier molecular flexibility index (Phi) is 7.66. The minimum absolute atomic E-state index is 0.0597. The molecule has 11 nitrogen and oxygen atoms in total. The summed E-state index contributed by atoms with van der Waals surface area (Å²) in [5.41, 5.74) is -0.576. The van der Waals surface area contributed by atoms with E-state index in [1.165, 1.54) is 0 Å². The number of amides is 1. The fraction of sp³-hybridized carbons (Fsp3) is 0.552. The van der Waals surface area contributed by atoms with Gasteiger partial charge in [0.05, 0.1) is 18.1 Å². The summed E-state index contributed by atoms with van der Waals surface area (Å²) in [5, 5.41) is 2.60. The second kappa shape index (κ2) is 11.2. The van der Waals surface area contributed by atoms with Crippen molar-refractivity contribution in [1.29, 1.82) is 0 Å². The first-order chi connectivity index (χ1) is 20.4. The van der Waals surface area contributed by atoms with Crippen molar-refractivity contribution in [3.8, 4) is 11.9 Å². The van der Waals surface area contributed by atoms with Gasteiger partial charge in [0.15, 0.2) is 11.0 Å². The Morgan fingerprint density at radius 1 is 1.30 bits per heavy atom. The van der Waals surface area contributed by atoms with Gasteiger partial charge in [0, 0.05) is 24.7 Å². The standard InChI is InChI=1S/C29H34ClF2N7O4/c1-16(18-7-5-9-33-23(18)36-27(40)43-28(2,3)4)39-11-12-41-25-19-21(20(32)22(30)35-25)34-26(37-24(19)39)42-15-29-8-6-10-38(29)14-17(31)13-29/h5,7,9,16-17H,6,8,10-15H2,1-4H3,(H,33,36,40)/t16?,17-,29+/m1/s1. The van der Waals surface area contributed by atoms with Crippen molar-refractivity contribution in [2.24, 2.45) is 0 Å². The highest BCUT2D eigenvalue weighted by atomic mass is 35.5. The lowest BCUT2D eigenvalue weighted by atomic mass is 9.95. The van der Waals surface area contributed by atoms with Gasteiger partial charge in [-0.2, -0.15) is 15.0 Å². The minimum Gasteiger partial charge on any atom is -0.475 e. The van der Waals surface area contributed by atoms with Crippen LogP contribution in [0.2, 0.25) is 5.15 Å². The lowest BCUT2D eigenvalue weighted by molar-refractivity contribution is 0.0635. The highest BCUT2D eigenvalue weighted by Gasteiger charge is 2.49. The molecule has 2 saturated heterocycles. The molecule has 6 heterocycles. The van der Waals surface area contributed by atoms with Crippen molar-refractivity contribution in [3.63, 3.8) is 0 Å². The predicted octanol–water partition coefficient (Wildman–Crippen LogP) is 5.47. The van der Waals surface area contributed by atoms with Gasteiger partial charge in [0.25, 0.3) is 0 Å². The number of hydrogen-bond donors (Lipinski definition) is 1. The molecule has 1 amide bonds. The number of nitrogens with one attached hydrogen (secondary N) is 1. The zero-order valence-corrected chi connectivity index (χ0v) is 25.2. The lowest BCUT2D eigenvalue weighted by Gasteiger charge is -2.32. The van der Waals surface area contributed by atoms with Crippen LogP contribution < -0.4 is 19.7 Å². The number of carbonyl (C=O) groups is 1. The largest absolute Gasteiger partial charge is 0.475 e. The number of anilines is 2. The van der Waals surface area contributed by atoms with E-state index in [9.17, 15) is 9.18 Å². The Hall–Kier alpha value is -3.58. The number of pyridine rings is 2. The Balaban J connectivity index is 1.38. The number of carbonyl (C=O) groups excluding carboxylic acids is 1. The smallest absolute Gasteiger partial charge is 0.413 e. The molecular weight excluding hydrogens is 584 g/mol. The first-order valence-electron chi connectivity index (χ1n) is 14.4. The molecule has 14 heteroatoms. The molecule has 1 N–H and O–H groups in total. The molecule has 230 valence electrons. The van der Waals surface area contributed by atoms with Gasteiger partial charge in [-0.1, -0.05) is 17.7 Å². The van der Waals surface area contributed by atoms with Crippen LogP contribution in [0.15, 0.2) is 18.3 Å². The lowest BCUT2D eigenvalue weighted by Crippen LogP contribution is -2.43. The van der Waals surface area contributed by atoms with Crippen LogP contribution in [-0.4, -0.2) is 81.1 Å². The number of ether oxygens (including phenoxy) is 3. The summed E-state index contributed by atoms with van der Waals surface area (Å²) in [6.45, 7) is 9.09. The zero-order valence-electron chi connectivity index (χ0n) is 24.5. The van der Waals surface area contributed by atoms with E-state index in [1.54, 1.807) is 33.0 Å². The molecule has 3 aromatic heterocycles. The van der Waals surface area contributed by atoms with E-state index in [0.717, 1.165) is 19.4 Å². The number of fused-ring (bicyclic) bond motifs is 1. The molecule has 0 saturated carbocycles. The number of nitrogens with zero attached hydrogens (tertiary/aromatic N) is 6. The van der Waals surface area contributed by atoms with Gasteiger partial charge in [-0.3, -0.25) is 10.2 Å². The number of hydrogen-bond acceptors (Lipinski definition) is 10. The molecule has 2 fully saturated rings. The Labute approximate surface area is 252 Å². The minimum atomic E-state index is -0.924. The summed E-state index contributed by atoms with van der Waals surface area (Å²) < 4.78 is 47.3. The van der Waals surface area contributed by atoms with Crippen molar-refractivity contribution in [2.75, 3.05) is 43.1 Å². The third-order valence-electron chi connectivity index (χ3n) is 8.12. The molecule has 3 aromatic rings. The number of aromatic nitrogens is 4. The molecular formula is C29H34ClF2N7O4. The monoisotopic (exact) mass is 617 g/mol. The maximum Gasteiger partial charge on any atom is 0.413 e. The van der Waals surface area contributed by atoms with Crippen LogP contribution in [-0.2, 0) is 4.74 Å². The highest BCUT2D eigenvalue weighted by Crippen LogP contribution is 2.43. The molecule has 43 heavy (non-hydrogen) atoms. The van der Waals surface area contributed by atoms with Gasteiger partial charge in [-0.05, 0) is 53.1 Å².